The molecule has 2 heterocycles. The Morgan fingerprint density at radius 2 is 1.70 bits per heavy atom. The van der Waals surface area contributed by atoms with Gasteiger partial charge in [0, 0.05) is 40.5 Å². The Morgan fingerprint density at radius 3 is 2.47 bits per heavy atom. The van der Waals surface area contributed by atoms with Crippen molar-refractivity contribution >= 4 is 38.5 Å². The molecule has 0 radical (unpaired) electrons. The molecule has 1 fully saturated rings. The zero-order valence-electron chi connectivity index (χ0n) is 23.1. The monoisotopic (exact) mass is 591 g/mol. The number of para-hydroxylation sites is 1. The minimum Gasteiger partial charge on any atom is -0.399 e. The van der Waals surface area contributed by atoms with Crippen LogP contribution >= 0.6 is 0 Å². The van der Waals surface area contributed by atoms with Crippen LogP contribution < -0.4 is 16.4 Å². The minimum absolute atomic E-state index is 0.00828. The third kappa shape index (κ3) is 5.65. The van der Waals surface area contributed by atoms with Crippen molar-refractivity contribution < 1.29 is 13.2 Å². The SMILES string of the molecule is N#Cc1cnc(N[C@@H]2CCC[C@H](NC(=O)c3ccc(N)cc3)C2)nc1-c1cn(S(=O)(=O)c2ccccc2)c2ccccc12. The van der Waals surface area contributed by atoms with Crippen LogP contribution in [0.3, 0.4) is 0 Å². The second-order valence-electron chi connectivity index (χ2n) is 10.5. The number of amides is 1. The third-order valence-corrected chi connectivity index (χ3v) is 9.35. The molecule has 1 saturated carbocycles. The van der Waals surface area contributed by atoms with E-state index in [4.69, 9.17) is 10.7 Å². The number of rotatable bonds is 7. The van der Waals surface area contributed by atoms with Gasteiger partial charge in [0.1, 0.15) is 6.07 Å². The van der Waals surface area contributed by atoms with Crippen LogP contribution in [0.1, 0.15) is 41.6 Å². The van der Waals surface area contributed by atoms with E-state index < -0.39 is 10.0 Å². The highest BCUT2D eigenvalue weighted by atomic mass is 32.2. The maximum atomic E-state index is 13.6. The summed E-state index contributed by atoms with van der Waals surface area (Å²) in [5.41, 5.74) is 8.44. The molecule has 43 heavy (non-hydrogen) atoms. The number of fused-ring (bicyclic) bond motifs is 1. The van der Waals surface area contributed by atoms with Crippen LogP contribution in [0.4, 0.5) is 11.6 Å². The van der Waals surface area contributed by atoms with Crippen LogP contribution in [0, 0.1) is 11.3 Å². The van der Waals surface area contributed by atoms with Gasteiger partial charge < -0.3 is 16.4 Å². The van der Waals surface area contributed by atoms with Crippen molar-refractivity contribution in [2.75, 3.05) is 11.1 Å². The highest BCUT2D eigenvalue weighted by molar-refractivity contribution is 7.90. The second kappa shape index (κ2) is 11.6. The molecular formula is C32H29N7O3S. The first kappa shape index (κ1) is 27.9. The topological polar surface area (TPSA) is 156 Å². The summed E-state index contributed by atoms with van der Waals surface area (Å²) in [6, 6.07) is 24.3. The number of nitrogens with two attached hydrogens (primary N) is 1. The van der Waals surface area contributed by atoms with Gasteiger partial charge in [0.25, 0.3) is 15.9 Å². The number of nitriles is 1. The summed E-state index contributed by atoms with van der Waals surface area (Å²) in [6.07, 6.45) is 6.26. The van der Waals surface area contributed by atoms with E-state index in [1.807, 2.05) is 12.1 Å². The fraction of sp³-hybridized carbons (Fsp3) is 0.188. The smallest absolute Gasteiger partial charge is 0.268 e. The first-order valence-corrected chi connectivity index (χ1v) is 15.4. The lowest BCUT2D eigenvalue weighted by atomic mass is 9.91. The molecule has 6 rings (SSSR count). The van der Waals surface area contributed by atoms with Gasteiger partial charge in [-0.2, -0.15) is 5.26 Å². The first-order valence-electron chi connectivity index (χ1n) is 13.9. The van der Waals surface area contributed by atoms with Crippen molar-refractivity contribution in [1.29, 1.82) is 5.26 Å². The van der Waals surface area contributed by atoms with Gasteiger partial charge in [0.05, 0.1) is 27.9 Å². The number of carbonyl (C=O) groups excluding carboxylic acids is 1. The Balaban J connectivity index is 1.28. The Labute approximate surface area is 249 Å². The van der Waals surface area contributed by atoms with E-state index in [1.54, 1.807) is 66.7 Å². The molecule has 0 saturated heterocycles. The van der Waals surface area contributed by atoms with E-state index >= 15 is 0 Å². The minimum atomic E-state index is -3.91. The van der Waals surface area contributed by atoms with E-state index in [9.17, 15) is 18.5 Å². The van der Waals surface area contributed by atoms with Gasteiger partial charge in [-0.25, -0.2) is 22.4 Å². The molecule has 3 aromatic carbocycles. The number of nitrogens with one attached hydrogen (secondary N) is 2. The molecule has 0 bridgehead atoms. The molecule has 10 nitrogen and oxygen atoms in total. The average molecular weight is 592 g/mol. The van der Waals surface area contributed by atoms with Crippen molar-refractivity contribution in [3.63, 3.8) is 0 Å². The quantitative estimate of drug-likeness (QED) is 0.225. The molecule has 1 amide bonds. The molecule has 1 aliphatic rings. The van der Waals surface area contributed by atoms with Crippen LogP contribution in [0.2, 0.25) is 0 Å². The van der Waals surface area contributed by atoms with Gasteiger partial charge in [-0.3, -0.25) is 4.79 Å². The standard InChI is InChI=1S/C32H29N7O3S/c33-18-22-19-35-32(37-25-8-6-7-24(17-25)36-31(40)21-13-15-23(34)16-14-21)38-30(22)28-20-39(29-12-5-4-11-27(28)29)43(41,42)26-9-2-1-3-10-26/h1-5,9-16,19-20,24-25H,6-8,17,34H2,(H,36,40)(H,35,37,38)/t24-,25+/m0/s1. The predicted molar refractivity (Wildman–Crippen MR) is 165 cm³/mol. The molecule has 0 unspecified atom stereocenters. The van der Waals surface area contributed by atoms with Crippen LogP contribution in [0.25, 0.3) is 22.2 Å². The summed E-state index contributed by atoms with van der Waals surface area (Å²) in [6.45, 7) is 0. The Hall–Kier alpha value is -5.21. The van der Waals surface area contributed by atoms with Gasteiger partial charge in [-0.15, -0.1) is 0 Å². The second-order valence-corrected chi connectivity index (χ2v) is 12.4. The number of hydrogen-bond acceptors (Lipinski definition) is 8. The Kier molecular flexibility index (Phi) is 7.52. The summed E-state index contributed by atoms with van der Waals surface area (Å²) in [7, 11) is -3.91. The summed E-state index contributed by atoms with van der Waals surface area (Å²) >= 11 is 0. The third-order valence-electron chi connectivity index (χ3n) is 7.66. The number of benzene rings is 3. The van der Waals surface area contributed by atoms with Crippen LogP contribution in [0.15, 0.2) is 96.2 Å². The molecule has 0 spiro atoms. The normalized spacial score (nSPS) is 16.8. The van der Waals surface area contributed by atoms with Crippen LogP contribution in [-0.2, 0) is 10.0 Å². The van der Waals surface area contributed by atoms with Crippen molar-refractivity contribution in [2.45, 2.75) is 42.7 Å². The molecule has 1 aliphatic carbocycles. The average Bonchev–Trinajstić information content (AvgIpc) is 3.42. The highest BCUT2D eigenvalue weighted by Gasteiger charge is 2.26. The van der Waals surface area contributed by atoms with Crippen LogP contribution in [0.5, 0.6) is 0 Å². The van der Waals surface area contributed by atoms with Crippen LogP contribution in [-0.4, -0.2) is 40.3 Å². The first-order chi connectivity index (χ1) is 20.8. The van der Waals surface area contributed by atoms with Crippen molar-refractivity contribution in [1.82, 2.24) is 19.3 Å². The predicted octanol–water partition coefficient (Wildman–Crippen LogP) is 4.94. The molecular weight excluding hydrogens is 562 g/mol. The van der Waals surface area contributed by atoms with Crippen molar-refractivity contribution in [3.05, 3.63) is 102 Å². The van der Waals surface area contributed by atoms with Gasteiger partial charge in [-0.1, -0.05) is 36.4 Å². The fourth-order valence-electron chi connectivity index (χ4n) is 5.52. The van der Waals surface area contributed by atoms with E-state index in [0.717, 1.165) is 19.3 Å². The van der Waals surface area contributed by atoms with Crippen molar-refractivity contribution in [2.24, 2.45) is 0 Å². The van der Waals surface area contributed by atoms with Gasteiger partial charge in [0.2, 0.25) is 5.95 Å². The highest BCUT2D eigenvalue weighted by Crippen LogP contribution is 2.34. The summed E-state index contributed by atoms with van der Waals surface area (Å²) < 4.78 is 28.4. The molecule has 5 aromatic rings. The van der Waals surface area contributed by atoms with E-state index in [2.05, 4.69) is 21.7 Å². The number of hydrogen-bond donors (Lipinski definition) is 3. The van der Waals surface area contributed by atoms with E-state index in [0.29, 0.717) is 45.8 Å². The maximum Gasteiger partial charge on any atom is 0.268 e. The van der Waals surface area contributed by atoms with E-state index in [-0.39, 0.29) is 28.4 Å². The lowest BCUT2D eigenvalue weighted by Gasteiger charge is -2.30. The largest absolute Gasteiger partial charge is 0.399 e. The fourth-order valence-corrected chi connectivity index (χ4v) is 6.91. The molecule has 216 valence electrons. The lowest BCUT2D eigenvalue weighted by Crippen LogP contribution is -2.42. The van der Waals surface area contributed by atoms with Crippen molar-refractivity contribution in [3.8, 4) is 17.3 Å². The number of nitrogens with zero attached hydrogens (tertiary/aromatic N) is 4. The Bertz CT molecular complexity index is 1950. The lowest BCUT2D eigenvalue weighted by molar-refractivity contribution is 0.0926. The zero-order chi connectivity index (χ0) is 30.0. The number of nitrogen functional groups attached to an aromatic ring is 1. The number of aromatic nitrogens is 3. The maximum absolute atomic E-state index is 13.6. The number of anilines is 2. The van der Waals surface area contributed by atoms with Gasteiger partial charge in [-0.05, 0) is 68.1 Å². The summed E-state index contributed by atoms with van der Waals surface area (Å²) in [4.78, 5) is 22.0. The van der Waals surface area contributed by atoms with E-state index in [1.165, 1.54) is 16.4 Å². The van der Waals surface area contributed by atoms with Gasteiger partial charge >= 0.3 is 0 Å². The summed E-state index contributed by atoms with van der Waals surface area (Å²) in [5.74, 6) is 0.177. The Morgan fingerprint density at radius 1 is 0.977 bits per heavy atom. The van der Waals surface area contributed by atoms with Gasteiger partial charge in [0.15, 0.2) is 0 Å². The molecule has 11 heteroatoms. The molecule has 2 atom stereocenters. The number of carbonyl (C=O) groups is 1. The molecule has 2 aromatic heterocycles. The zero-order valence-corrected chi connectivity index (χ0v) is 24.0. The molecule has 0 aliphatic heterocycles. The summed E-state index contributed by atoms with van der Waals surface area (Å²) in [5, 5.41) is 17.1. The molecule has 4 N–H and O–H groups in total.